The van der Waals surface area contributed by atoms with Gasteiger partial charge in [-0.15, -0.1) is 0 Å². The number of para-hydroxylation sites is 1. The number of likely N-dealkylation sites (N-methyl/N-ethyl adjacent to an activating group) is 1. The van der Waals surface area contributed by atoms with Crippen molar-refractivity contribution in [1.29, 1.82) is 0 Å². The molecule has 3 atom stereocenters. The highest BCUT2D eigenvalue weighted by Crippen LogP contribution is 2.37. The van der Waals surface area contributed by atoms with Crippen molar-refractivity contribution < 1.29 is 9.59 Å². The Hall–Kier alpha value is -3.19. The molecule has 1 saturated heterocycles. The quantitative estimate of drug-likeness (QED) is 0.440. The summed E-state index contributed by atoms with van der Waals surface area (Å²) in [5, 5.41) is 7.37. The summed E-state index contributed by atoms with van der Waals surface area (Å²) in [4.78, 5) is 33.6. The highest BCUT2D eigenvalue weighted by atomic mass is 16.2. The predicted molar refractivity (Wildman–Crippen MR) is 152 cm³/mol. The second kappa shape index (κ2) is 11.7. The minimum atomic E-state index is -0.474. The molecule has 1 saturated carbocycles. The highest BCUT2D eigenvalue weighted by Gasteiger charge is 2.39. The number of pyridine rings is 1. The van der Waals surface area contributed by atoms with Gasteiger partial charge in [0.15, 0.2) is 0 Å². The van der Waals surface area contributed by atoms with E-state index in [1.807, 2.05) is 24.2 Å². The summed E-state index contributed by atoms with van der Waals surface area (Å²) in [6.07, 6.45) is 13.3. The molecule has 0 unspecified atom stereocenters. The molecule has 202 valence electrons. The molecule has 2 amide bonds. The van der Waals surface area contributed by atoms with Gasteiger partial charge in [-0.3, -0.25) is 14.6 Å². The number of hydrogen-bond donors (Lipinski definition) is 2. The smallest absolute Gasteiger partial charge is 0.245 e. The summed E-state index contributed by atoms with van der Waals surface area (Å²) in [5.74, 6) is 0.141. The summed E-state index contributed by atoms with van der Waals surface area (Å²) in [5.41, 5.74) is 4.53. The molecule has 1 aliphatic carbocycles. The van der Waals surface area contributed by atoms with Crippen LogP contribution in [0.25, 0.3) is 22.0 Å². The van der Waals surface area contributed by atoms with Gasteiger partial charge in [-0.05, 0) is 70.2 Å². The first-order chi connectivity index (χ1) is 18.5. The number of carbonyl (C=O) groups excluding carboxylic acids is 2. The van der Waals surface area contributed by atoms with Gasteiger partial charge in [0.25, 0.3) is 0 Å². The van der Waals surface area contributed by atoms with Crippen molar-refractivity contribution in [2.75, 3.05) is 13.6 Å². The number of rotatable bonds is 8. The Bertz CT molecular complexity index is 1280. The second-order valence-corrected chi connectivity index (χ2v) is 10.9. The van der Waals surface area contributed by atoms with Crippen LogP contribution in [0.1, 0.15) is 70.4 Å². The molecule has 3 heterocycles. The van der Waals surface area contributed by atoms with E-state index in [1.54, 1.807) is 7.05 Å². The molecule has 2 fully saturated rings. The number of carbonyl (C=O) groups is 2. The zero-order valence-electron chi connectivity index (χ0n) is 23.0. The van der Waals surface area contributed by atoms with E-state index < -0.39 is 6.04 Å². The molecule has 1 aromatic carbocycles. The average molecular weight is 516 g/mol. The molecule has 2 N–H and O–H groups in total. The fourth-order valence-electron chi connectivity index (χ4n) is 6.34. The van der Waals surface area contributed by atoms with E-state index in [0.717, 1.165) is 56.2 Å². The number of benzene rings is 1. The highest BCUT2D eigenvalue weighted by molar-refractivity contribution is 5.96. The number of hydrogen-bond acceptors (Lipinski definition) is 4. The van der Waals surface area contributed by atoms with Gasteiger partial charge in [-0.2, -0.15) is 0 Å². The van der Waals surface area contributed by atoms with Crippen LogP contribution < -0.4 is 10.6 Å². The predicted octanol–water partition coefficient (Wildman–Crippen LogP) is 5.06. The molecule has 38 heavy (non-hydrogen) atoms. The van der Waals surface area contributed by atoms with Gasteiger partial charge < -0.3 is 20.1 Å². The molecule has 0 radical (unpaired) electrons. The van der Waals surface area contributed by atoms with Crippen molar-refractivity contribution >= 4 is 22.7 Å². The fraction of sp³-hybridized carbons (Fsp3) is 0.516. The van der Waals surface area contributed by atoms with Crippen LogP contribution in [0.15, 0.2) is 48.9 Å². The largest absolute Gasteiger partial charge is 0.347 e. The Morgan fingerprint density at radius 2 is 1.87 bits per heavy atom. The number of likely N-dealkylation sites (tertiary alicyclic amines) is 1. The third-order valence-electron chi connectivity index (χ3n) is 8.63. The van der Waals surface area contributed by atoms with E-state index in [4.69, 9.17) is 0 Å². The van der Waals surface area contributed by atoms with E-state index in [1.165, 1.54) is 22.9 Å². The van der Waals surface area contributed by atoms with Crippen LogP contribution in [0.3, 0.4) is 0 Å². The van der Waals surface area contributed by atoms with Crippen molar-refractivity contribution in [3.05, 3.63) is 54.5 Å². The fourth-order valence-corrected chi connectivity index (χ4v) is 6.34. The Balaban J connectivity index is 1.43. The standard InChI is InChI=1S/C31H41N5O2/c1-4-35-20-26(25-13-8-9-14-28(25)35)23-17-24(19-33-18-23)27-15-10-16-36(27)31(38)29(22-11-6-5-7-12-22)34-30(37)21(2)32-3/h8-9,13-14,17-22,27,29,32H,4-7,10-12,15-16H2,1-3H3,(H,34,37)/t21-,27-,29-/m0/s1. The summed E-state index contributed by atoms with van der Waals surface area (Å²) >= 11 is 0. The molecule has 2 aromatic heterocycles. The normalized spacial score (nSPS) is 20.0. The molecule has 7 heteroatoms. The SMILES string of the molecule is CCn1cc(-c2cncc([C@@H]3CCCN3C(=O)[C@@H](NC(=O)[C@H](C)NC)C3CCCCC3)c2)c2ccccc21. The van der Waals surface area contributed by atoms with E-state index in [0.29, 0.717) is 6.54 Å². The van der Waals surface area contributed by atoms with Crippen LogP contribution >= 0.6 is 0 Å². The lowest BCUT2D eigenvalue weighted by Gasteiger charge is -2.35. The summed E-state index contributed by atoms with van der Waals surface area (Å²) in [7, 11) is 1.77. The minimum absolute atomic E-state index is 0.0285. The average Bonchev–Trinajstić information content (AvgIpc) is 3.61. The maximum atomic E-state index is 14.1. The van der Waals surface area contributed by atoms with Crippen molar-refractivity contribution in [2.24, 2.45) is 5.92 Å². The van der Waals surface area contributed by atoms with E-state index in [2.05, 4.69) is 63.6 Å². The lowest BCUT2D eigenvalue weighted by Crippen LogP contribution is -2.55. The zero-order chi connectivity index (χ0) is 26.6. The maximum absolute atomic E-state index is 14.1. The number of nitrogens with zero attached hydrogens (tertiary/aromatic N) is 3. The number of aryl methyl sites for hydroxylation is 1. The van der Waals surface area contributed by atoms with E-state index >= 15 is 0 Å². The molecule has 5 rings (SSSR count). The van der Waals surface area contributed by atoms with Gasteiger partial charge in [-0.1, -0.05) is 37.5 Å². The summed E-state index contributed by atoms with van der Waals surface area (Å²) < 4.78 is 2.27. The summed E-state index contributed by atoms with van der Waals surface area (Å²) in [6.45, 7) is 5.61. The van der Waals surface area contributed by atoms with Gasteiger partial charge in [0.1, 0.15) is 6.04 Å². The molecule has 7 nitrogen and oxygen atoms in total. The number of aromatic nitrogens is 2. The Morgan fingerprint density at radius 1 is 1.08 bits per heavy atom. The van der Waals surface area contributed by atoms with Gasteiger partial charge in [0, 0.05) is 53.7 Å². The molecular weight excluding hydrogens is 474 g/mol. The van der Waals surface area contributed by atoms with Crippen molar-refractivity contribution in [1.82, 2.24) is 25.1 Å². The first-order valence-electron chi connectivity index (χ1n) is 14.3. The number of nitrogens with one attached hydrogen (secondary N) is 2. The molecule has 2 aliphatic rings. The van der Waals surface area contributed by atoms with Crippen LogP contribution in [-0.4, -0.2) is 51.9 Å². The number of fused-ring (bicyclic) bond motifs is 1. The summed E-state index contributed by atoms with van der Waals surface area (Å²) in [6, 6.07) is 9.85. The first kappa shape index (κ1) is 26.4. The Morgan fingerprint density at radius 3 is 2.63 bits per heavy atom. The minimum Gasteiger partial charge on any atom is -0.347 e. The topological polar surface area (TPSA) is 79.3 Å². The first-order valence-corrected chi connectivity index (χ1v) is 14.3. The van der Waals surface area contributed by atoms with Gasteiger partial charge in [0.2, 0.25) is 11.8 Å². The molecule has 0 bridgehead atoms. The number of amides is 2. The van der Waals surface area contributed by atoms with Crippen LogP contribution in [0.5, 0.6) is 0 Å². The van der Waals surface area contributed by atoms with Crippen molar-refractivity contribution in [3.63, 3.8) is 0 Å². The van der Waals surface area contributed by atoms with Crippen LogP contribution in [0.4, 0.5) is 0 Å². The third kappa shape index (κ3) is 5.21. The van der Waals surface area contributed by atoms with Gasteiger partial charge in [-0.25, -0.2) is 0 Å². The van der Waals surface area contributed by atoms with Crippen molar-refractivity contribution in [2.45, 2.75) is 83.5 Å². The van der Waals surface area contributed by atoms with E-state index in [-0.39, 0.29) is 29.8 Å². The van der Waals surface area contributed by atoms with Crippen LogP contribution in [0, 0.1) is 5.92 Å². The monoisotopic (exact) mass is 515 g/mol. The molecule has 1 aliphatic heterocycles. The lowest BCUT2D eigenvalue weighted by molar-refractivity contribution is -0.139. The third-order valence-corrected chi connectivity index (χ3v) is 8.63. The molecule has 3 aromatic rings. The van der Waals surface area contributed by atoms with Crippen LogP contribution in [-0.2, 0) is 16.1 Å². The zero-order valence-corrected chi connectivity index (χ0v) is 23.0. The molecule has 0 spiro atoms. The maximum Gasteiger partial charge on any atom is 0.245 e. The van der Waals surface area contributed by atoms with Gasteiger partial charge in [0.05, 0.1) is 12.1 Å². The van der Waals surface area contributed by atoms with Crippen LogP contribution in [0.2, 0.25) is 0 Å². The lowest BCUT2D eigenvalue weighted by atomic mass is 9.83. The van der Waals surface area contributed by atoms with Crippen molar-refractivity contribution in [3.8, 4) is 11.1 Å². The second-order valence-electron chi connectivity index (χ2n) is 10.9. The Labute approximate surface area is 226 Å². The Kier molecular flexibility index (Phi) is 8.12. The van der Waals surface area contributed by atoms with Gasteiger partial charge >= 0.3 is 0 Å². The molecular formula is C31H41N5O2. The van der Waals surface area contributed by atoms with E-state index in [9.17, 15) is 9.59 Å².